The molecule has 2 aliphatic rings. The first-order chi connectivity index (χ1) is 15.2. The molecule has 1 aromatic rings. The fourth-order valence-corrected chi connectivity index (χ4v) is 1.48. The van der Waals surface area contributed by atoms with Crippen molar-refractivity contribution in [3.05, 3.63) is 35.9 Å². The van der Waals surface area contributed by atoms with Crippen LogP contribution in [0.15, 0.2) is 30.3 Å². The van der Waals surface area contributed by atoms with Gasteiger partial charge in [0.2, 0.25) is 0 Å². The molecule has 2 heterocycles. The first kappa shape index (κ1) is 38.1. The number of nitrogens with zero attached hydrogens (tertiary/aromatic N) is 1. The molecule has 2 saturated heterocycles. The second-order valence-corrected chi connectivity index (χ2v) is 7.33. The molecule has 0 aromatic heterocycles. The second kappa shape index (κ2) is 37.1. The van der Waals surface area contributed by atoms with Crippen LogP contribution >= 0.6 is 23.2 Å². The lowest BCUT2D eigenvalue weighted by molar-refractivity contribution is -0.115. The van der Waals surface area contributed by atoms with Crippen LogP contribution in [0.3, 0.4) is 0 Å². The van der Waals surface area contributed by atoms with Gasteiger partial charge < -0.3 is 24.1 Å². The van der Waals surface area contributed by atoms with Gasteiger partial charge in [0.1, 0.15) is 5.78 Å². The van der Waals surface area contributed by atoms with Gasteiger partial charge in [-0.3, -0.25) is 0 Å². The molecule has 188 valence electrons. The third kappa shape index (κ3) is 70.2. The van der Waals surface area contributed by atoms with Crippen LogP contribution in [-0.2, 0) is 19.0 Å². The number of aliphatic hydroxyl groups excluding tert-OH is 1. The van der Waals surface area contributed by atoms with Gasteiger partial charge in [0.25, 0.3) is 0 Å². The minimum atomic E-state index is -0.167. The Morgan fingerprint density at radius 1 is 0.969 bits per heavy atom. The number of halogens is 2. The molecule has 6 nitrogen and oxygen atoms in total. The Morgan fingerprint density at radius 2 is 1.22 bits per heavy atom. The summed E-state index contributed by atoms with van der Waals surface area (Å²) < 4.78 is 14.8. The van der Waals surface area contributed by atoms with E-state index in [-0.39, 0.29) is 17.2 Å². The van der Waals surface area contributed by atoms with E-state index in [0.717, 1.165) is 39.6 Å². The van der Waals surface area contributed by atoms with Crippen LogP contribution in [0, 0.1) is 18.3 Å². The van der Waals surface area contributed by atoms with E-state index in [1.165, 1.54) is 39.2 Å². The first-order valence-electron chi connectivity index (χ1n) is 10.5. The van der Waals surface area contributed by atoms with Crippen LogP contribution < -0.4 is 0 Å². The van der Waals surface area contributed by atoms with E-state index >= 15 is 0 Å². The molecule has 0 unspecified atom stereocenters. The van der Waals surface area contributed by atoms with Crippen molar-refractivity contribution >= 4 is 29.0 Å². The number of ketones is 1. The van der Waals surface area contributed by atoms with E-state index in [4.69, 9.17) is 47.8 Å². The number of benzene rings is 1. The summed E-state index contributed by atoms with van der Waals surface area (Å²) in [6, 6.07) is 12.0. The molecule has 3 rings (SSSR count). The molecule has 0 spiro atoms. The Hall–Kier alpha value is -1.20. The summed E-state index contributed by atoms with van der Waals surface area (Å²) in [7, 11) is 0. The third-order valence-corrected chi connectivity index (χ3v) is 2.51. The van der Waals surface area contributed by atoms with E-state index in [1.54, 1.807) is 19.9 Å². The molecule has 32 heavy (non-hydrogen) atoms. The minimum absolute atomic E-state index is 0.167. The fraction of sp³-hybridized carbons (Fsp3) is 0.667. The molecule has 0 bridgehead atoms. The van der Waals surface area contributed by atoms with E-state index < -0.39 is 0 Å². The number of hydrogen-bond acceptors (Lipinski definition) is 6. The largest absolute Gasteiger partial charge is 0.394 e. The zero-order valence-electron chi connectivity index (χ0n) is 20.6. The molecule has 8 heteroatoms. The lowest BCUT2D eigenvalue weighted by atomic mass is 10.2. The highest BCUT2D eigenvalue weighted by Crippen LogP contribution is 1.98. The number of nitriles is 1. The maximum atomic E-state index is 9.44. The average Bonchev–Trinajstić information content (AvgIpc) is 3.31. The highest BCUT2D eigenvalue weighted by molar-refractivity contribution is 6.40. The lowest BCUT2D eigenvalue weighted by Crippen LogP contribution is -2.16. The molecule has 0 radical (unpaired) electrons. The van der Waals surface area contributed by atoms with Crippen molar-refractivity contribution in [1.82, 2.24) is 0 Å². The standard InChI is InChI=1S/C7H8.C4H8O2.C4H8O.C3H8O.C3H6O.C2H3N.CH2Cl2/c1-7-5-3-2-4-6-7;1-2-6-4-3-5-1;1-2-4-5-3-1;2*1-3(2)4;1-2-3;2-1-3/h2-6H,1H3;1-4H2;1-4H2;3-4H,1-2H3;1-2H3;1H3;1H2. The molecule has 1 aromatic carbocycles. The molecular formula is C24H43Cl2NO5. The van der Waals surface area contributed by atoms with Crippen LogP contribution in [0.4, 0.5) is 0 Å². The SMILES string of the molecule is C1CCOC1.C1COCCO1.CC#N.CC(C)=O.CC(C)O.Cc1ccccc1.ClCCl. The van der Waals surface area contributed by atoms with Crippen molar-refractivity contribution in [2.24, 2.45) is 0 Å². The summed E-state index contributed by atoms with van der Waals surface area (Å²) in [4.78, 5) is 9.44. The Bertz CT molecular complexity index is 463. The van der Waals surface area contributed by atoms with Crippen molar-refractivity contribution in [3.63, 3.8) is 0 Å². The molecule has 2 fully saturated rings. The van der Waals surface area contributed by atoms with E-state index in [2.05, 4.69) is 19.1 Å². The van der Waals surface area contributed by atoms with Crippen molar-refractivity contribution < 1.29 is 24.1 Å². The maximum absolute atomic E-state index is 9.44. The first-order valence-corrected chi connectivity index (χ1v) is 11.6. The van der Waals surface area contributed by atoms with E-state index in [9.17, 15) is 4.79 Å². The van der Waals surface area contributed by atoms with Gasteiger partial charge in [-0.2, -0.15) is 5.26 Å². The van der Waals surface area contributed by atoms with Gasteiger partial charge in [-0.15, -0.1) is 23.2 Å². The van der Waals surface area contributed by atoms with Gasteiger partial charge >= 0.3 is 0 Å². The van der Waals surface area contributed by atoms with Gasteiger partial charge in [0.15, 0.2) is 0 Å². The van der Waals surface area contributed by atoms with Crippen LogP contribution in [0.2, 0.25) is 0 Å². The monoisotopic (exact) mass is 495 g/mol. The Balaban J connectivity index is -0.000000147. The predicted octanol–water partition coefficient (Wildman–Crippen LogP) is 5.76. The molecule has 0 atom stereocenters. The van der Waals surface area contributed by atoms with Crippen LogP contribution in [0.5, 0.6) is 0 Å². The zero-order chi connectivity index (χ0) is 25.5. The topological polar surface area (TPSA) is 88.8 Å². The molecule has 0 saturated carbocycles. The number of Topliss-reactive ketones (excluding diaryl/α,β-unsaturated/α-hetero) is 1. The number of aliphatic hydroxyl groups is 1. The quantitative estimate of drug-likeness (QED) is 0.460. The number of carbonyl (C=O) groups is 1. The Kier molecular flexibility index (Phi) is 44.2. The zero-order valence-corrected chi connectivity index (χ0v) is 22.1. The van der Waals surface area contributed by atoms with E-state index in [0.29, 0.717) is 0 Å². The van der Waals surface area contributed by atoms with Crippen LogP contribution in [-0.4, -0.2) is 62.0 Å². The van der Waals surface area contributed by atoms with Gasteiger partial charge in [-0.25, -0.2) is 0 Å². The van der Waals surface area contributed by atoms with Crippen LogP contribution in [0.25, 0.3) is 0 Å². The number of rotatable bonds is 0. The molecule has 0 amide bonds. The van der Waals surface area contributed by atoms with Crippen molar-refractivity contribution in [3.8, 4) is 6.07 Å². The molecular weight excluding hydrogens is 453 g/mol. The number of carbonyl (C=O) groups excluding carboxylic acids is 1. The molecule has 2 aliphatic heterocycles. The Morgan fingerprint density at radius 3 is 1.34 bits per heavy atom. The summed E-state index contributed by atoms with van der Waals surface area (Å²) in [5.74, 6) is 0.167. The highest BCUT2D eigenvalue weighted by atomic mass is 35.5. The highest BCUT2D eigenvalue weighted by Gasteiger charge is 1.95. The second-order valence-electron chi connectivity index (χ2n) is 6.53. The summed E-state index contributed by atoms with van der Waals surface area (Å²) >= 11 is 9.53. The summed E-state index contributed by atoms with van der Waals surface area (Å²) in [6.45, 7) is 15.1. The average molecular weight is 497 g/mol. The number of ether oxygens (including phenoxy) is 3. The van der Waals surface area contributed by atoms with Gasteiger partial charge in [0.05, 0.1) is 37.8 Å². The van der Waals surface area contributed by atoms with Crippen LogP contribution in [0.1, 0.15) is 53.0 Å². The predicted molar refractivity (Wildman–Crippen MR) is 134 cm³/mol. The normalized spacial score (nSPS) is 12.9. The fourth-order valence-electron chi connectivity index (χ4n) is 1.48. The number of aryl methyl sites for hydroxylation is 1. The van der Waals surface area contributed by atoms with Gasteiger partial charge in [0, 0.05) is 26.2 Å². The van der Waals surface area contributed by atoms with Crippen molar-refractivity contribution in [2.45, 2.75) is 60.5 Å². The van der Waals surface area contributed by atoms with Gasteiger partial charge in [-0.05, 0) is 47.5 Å². The molecule has 0 aliphatic carbocycles. The number of alkyl halides is 2. The van der Waals surface area contributed by atoms with Gasteiger partial charge in [-0.1, -0.05) is 35.9 Å². The summed E-state index contributed by atoms with van der Waals surface area (Å²) in [5.41, 5.74) is 1.32. The summed E-state index contributed by atoms with van der Waals surface area (Å²) in [6.07, 6.45) is 2.39. The van der Waals surface area contributed by atoms with Crippen molar-refractivity contribution in [2.75, 3.05) is 45.0 Å². The Labute approximate surface area is 205 Å². The minimum Gasteiger partial charge on any atom is -0.394 e. The lowest BCUT2D eigenvalue weighted by Gasteiger charge is -2.09. The molecule has 1 N–H and O–H groups in total. The van der Waals surface area contributed by atoms with Crippen molar-refractivity contribution in [1.29, 1.82) is 5.26 Å². The smallest absolute Gasteiger partial charge is 0.126 e. The summed E-state index contributed by atoms with van der Waals surface area (Å²) in [5, 5.41) is 15.6. The van der Waals surface area contributed by atoms with E-state index in [1.807, 2.05) is 18.2 Å². The maximum Gasteiger partial charge on any atom is 0.126 e. The third-order valence-electron chi connectivity index (χ3n) is 2.51. The number of hydrogen-bond donors (Lipinski definition) is 1.